The van der Waals surface area contributed by atoms with Gasteiger partial charge in [0.15, 0.2) is 0 Å². The van der Waals surface area contributed by atoms with Crippen LogP contribution in [0.5, 0.6) is 0 Å². The van der Waals surface area contributed by atoms with Crippen molar-refractivity contribution in [2.24, 2.45) is 0 Å². The molecular formula is C17H23N3O2S. The van der Waals surface area contributed by atoms with Crippen LogP contribution in [0.1, 0.15) is 16.2 Å². The summed E-state index contributed by atoms with van der Waals surface area (Å²) < 4.78 is 13.2. The van der Waals surface area contributed by atoms with Gasteiger partial charge in [0.1, 0.15) is 25.2 Å². The molecule has 124 valence electrons. The number of nitrogens with zero attached hydrogens (tertiary/aromatic N) is 3. The fraction of sp³-hybridized carbons (Fsp3) is 0.471. The Balaban J connectivity index is 1.56. The maximum atomic E-state index is 5.69. The Morgan fingerprint density at radius 3 is 2.96 bits per heavy atom. The first-order valence-corrected chi connectivity index (χ1v) is 8.78. The molecule has 3 heterocycles. The molecule has 2 aromatic rings. The number of aromatic nitrogens is 2. The van der Waals surface area contributed by atoms with Gasteiger partial charge in [0.25, 0.3) is 0 Å². The summed E-state index contributed by atoms with van der Waals surface area (Å²) in [6.45, 7) is 7.18. The average molecular weight is 333 g/mol. The zero-order valence-corrected chi connectivity index (χ0v) is 14.3. The standard InChI is InChI=1S/C17H23N3O2S/c1-15-3-4-17(23-15)12-20(11-16-13-21-9-10-22-16)7-2-6-19-8-5-18-14-19/h3-5,8,13-14H,2,6-7,9-12H2,1H3. The molecule has 5 nitrogen and oxygen atoms in total. The first-order valence-electron chi connectivity index (χ1n) is 7.96. The van der Waals surface area contributed by atoms with Crippen molar-refractivity contribution >= 4 is 11.3 Å². The number of thiophene rings is 1. The summed E-state index contributed by atoms with van der Waals surface area (Å²) in [5.74, 6) is 0.923. The number of imidazole rings is 1. The van der Waals surface area contributed by atoms with Crippen molar-refractivity contribution < 1.29 is 9.47 Å². The van der Waals surface area contributed by atoms with Crippen LogP contribution in [0, 0.1) is 6.92 Å². The average Bonchev–Trinajstić information content (AvgIpc) is 3.20. The molecule has 0 radical (unpaired) electrons. The molecule has 23 heavy (non-hydrogen) atoms. The Labute approximate surface area is 141 Å². The van der Waals surface area contributed by atoms with Crippen molar-refractivity contribution in [3.63, 3.8) is 0 Å². The van der Waals surface area contributed by atoms with Crippen LogP contribution in [0.3, 0.4) is 0 Å². The summed E-state index contributed by atoms with van der Waals surface area (Å²) >= 11 is 1.86. The lowest BCUT2D eigenvalue weighted by atomic mass is 10.3. The molecule has 2 aromatic heterocycles. The first kappa shape index (κ1) is 16.1. The molecule has 0 unspecified atom stereocenters. The Kier molecular flexibility index (Phi) is 5.71. The van der Waals surface area contributed by atoms with E-state index in [-0.39, 0.29) is 0 Å². The predicted molar refractivity (Wildman–Crippen MR) is 91.2 cm³/mol. The van der Waals surface area contributed by atoms with Crippen LogP contribution in [-0.2, 0) is 22.6 Å². The van der Waals surface area contributed by atoms with E-state index in [1.54, 1.807) is 6.26 Å². The van der Waals surface area contributed by atoms with Crippen molar-refractivity contribution in [3.05, 3.63) is 52.6 Å². The molecular weight excluding hydrogens is 310 g/mol. The van der Waals surface area contributed by atoms with E-state index in [1.165, 1.54) is 9.75 Å². The van der Waals surface area contributed by atoms with Crippen LogP contribution in [-0.4, -0.2) is 40.8 Å². The Morgan fingerprint density at radius 1 is 1.30 bits per heavy atom. The van der Waals surface area contributed by atoms with E-state index in [2.05, 4.69) is 33.5 Å². The number of hydrogen-bond donors (Lipinski definition) is 0. The van der Waals surface area contributed by atoms with E-state index < -0.39 is 0 Å². The normalized spacial score (nSPS) is 14.4. The smallest absolute Gasteiger partial charge is 0.144 e. The van der Waals surface area contributed by atoms with Gasteiger partial charge in [-0.1, -0.05) is 0 Å². The fourth-order valence-electron chi connectivity index (χ4n) is 2.61. The fourth-order valence-corrected chi connectivity index (χ4v) is 3.54. The van der Waals surface area contributed by atoms with Crippen LogP contribution in [0.15, 0.2) is 42.9 Å². The van der Waals surface area contributed by atoms with Crippen molar-refractivity contribution in [1.29, 1.82) is 0 Å². The Morgan fingerprint density at radius 2 is 2.26 bits per heavy atom. The molecule has 0 saturated heterocycles. The van der Waals surface area contributed by atoms with Gasteiger partial charge in [-0.3, -0.25) is 4.90 Å². The molecule has 0 bridgehead atoms. The third-order valence-electron chi connectivity index (χ3n) is 3.71. The van der Waals surface area contributed by atoms with Gasteiger partial charge < -0.3 is 14.0 Å². The quantitative estimate of drug-likeness (QED) is 0.744. The highest BCUT2D eigenvalue weighted by molar-refractivity contribution is 7.11. The maximum absolute atomic E-state index is 5.69. The second kappa shape index (κ2) is 8.17. The molecule has 0 atom stereocenters. The lowest BCUT2D eigenvalue weighted by Gasteiger charge is -2.25. The molecule has 1 aliphatic rings. The first-order chi connectivity index (χ1) is 11.3. The van der Waals surface area contributed by atoms with Gasteiger partial charge in [-0.25, -0.2) is 4.98 Å². The zero-order chi connectivity index (χ0) is 15.9. The molecule has 0 aromatic carbocycles. The van der Waals surface area contributed by atoms with Crippen LogP contribution in [0.25, 0.3) is 0 Å². The highest BCUT2D eigenvalue weighted by Gasteiger charge is 2.13. The van der Waals surface area contributed by atoms with E-state index in [9.17, 15) is 0 Å². The number of hydrogen-bond acceptors (Lipinski definition) is 5. The van der Waals surface area contributed by atoms with Crippen LogP contribution in [0.2, 0.25) is 0 Å². The summed E-state index contributed by atoms with van der Waals surface area (Å²) in [5, 5.41) is 0. The molecule has 0 aliphatic carbocycles. The predicted octanol–water partition coefficient (Wildman–Crippen LogP) is 3.03. The number of aryl methyl sites for hydroxylation is 2. The topological polar surface area (TPSA) is 39.5 Å². The monoisotopic (exact) mass is 333 g/mol. The molecule has 0 N–H and O–H groups in total. The van der Waals surface area contributed by atoms with Gasteiger partial charge in [-0.15, -0.1) is 11.3 Å². The van der Waals surface area contributed by atoms with Crippen molar-refractivity contribution in [2.75, 3.05) is 26.3 Å². The molecule has 0 fully saturated rings. The minimum Gasteiger partial charge on any atom is -0.494 e. The maximum Gasteiger partial charge on any atom is 0.144 e. The van der Waals surface area contributed by atoms with Gasteiger partial charge in [0, 0.05) is 41.8 Å². The van der Waals surface area contributed by atoms with E-state index in [0.29, 0.717) is 13.2 Å². The number of rotatable bonds is 8. The highest BCUT2D eigenvalue weighted by atomic mass is 32.1. The zero-order valence-electron chi connectivity index (χ0n) is 13.5. The third kappa shape index (κ3) is 5.11. The van der Waals surface area contributed by atoms with Crippen LogP contribution in [0.4, 0.5) is 0 Å². The van der Waals surface area contributed by atoms with Crippen LogP contribution < -0.4 is 0 Å². The van der Waals surface area contributed by atoms with Crippen molar-refractivity contribution in [1.82, 2.24) is 14.5 Å². The Hall–Kier alpha value is -1.79. The molecule has 6 heteroatoms. The second-order valence-electron chi connectivity index (χ2n) is 5.68. The SMILES string of the molecule is Cc1ccc(CN(CCCn2ccnc2)CC2=COCCO2)s1. The van der Waals surface area contributed by atoms with E-state index in [4.69, 9.17) is 9.47 Å². The highest BCUT2D eigenvalue weighted by Crippen LogP contribution is 2.18. The van der Waals surface area contributed by atoms with Crippen LogP contribution >= 0.6 is 11.3 Å². The van der Waals surface area contributed by atoms with Crippen molar-refractivity contribution in [3.8, 4) is 0 Å². The molecule has 0 saturated carbocycles. The van der Waals surface area contributed by atoms with Gasteiger partial charge in [-0.05, 0) is 25.5 Å². The minimum absolute atomic E-state index is 0.646. The summed E-state index contributed by atoms with van der Waals surface area (Å²) in [6, 6.07) is 4.40. The minimum atomic E-state index is 0.646. The van der Waals surface area contributed by atoms with Gasteiger partial charge in [0.2, 0.25) is 0 Å². The lowest BCUT2D eigenvalue weighted by Crippen LogP contribution is -2.29. The van der Waals surface area contributed by atoms with Gasteiger partial charge in [0.05, 0.1) is 12.9 Å². The molecule has 3 rings (SSSR count). The van der Waals surface area contributed by atoms with E-state index in [1.807, 2.05) is 30.1 Å². The summed E-state index contributed by atoms with van der Waals surface area (Å²) in [4.78, 5) is 9.26. The molecule has 0 amide bonds. The van der Waals surface area contributed by atoms with E-state index in [0.717, 1.165) is 38.4 Å². The summed E-state index contributed by atoms with van der Waals surface area (Å²) in [5.41, 5.74) is 0. The molecule has 1 aliphatic heterocycles. The van der Waals surface area contributed by atoms with Crippen molar-refractivity contribution in [2.45, 2.75) is 26.4 Å². The van der Waals surface area contributed by atoms with E-state index >= 15 is 0 Å². The summed E-state index contributed by atoms with van der Waals surface area (Å²) in [6.07, 6.45) is 8.53. The van der Waals surface area contributed by atoms with Gasteiger partial charge >= 0.3 is 0 Å². The third-order valence-corrected chi connectivity index (χ3v) is 4.69. The molecule has 0 spiro atoms. The lowest BCUT2D eigenvalue weighted by molar-refractivity contribution is 0.0681. The summed E-state index contributed by atoms with van der Waals surface area (Å²) in [7, 11) is 0. The Bertz CT molecular complexity index is 622. The number of ether oxygens (including phenoxy) is 2. The second-order valence-corrected chi connectivity index (χ2v) is 7.05. The largest absolute Gasteiger partial charge is 0.494 e. The van der Waals surface area contributed by atoms with Gasteiger partial charge in [-0.2, -0.15) is 0 Å².